The molecule has 4 rings (SSSR count). The van der Waals surface area contributed by atoms with Gasteiger partial charge < -0.3 is 21.1 Å². The second-order valence-electron chi connectivity index (χ2n) is 8.46. The first-order valence-corrected chi connectivity index (χ1v) is 10.9. The number of aromatic nitrogens is 3. The summed E-state index contributed by atoms with van der Waals surface area (Å²) in [4.78, 5) is 21.2. The average molecular weight is 438 g/mol. The molecule has 0 bridgehead atoms. The standard InChI is InChI=1S/C23H31N7O2/c1-14-19(16-8-6-5-7-9-16)23(29-11-10-17(12-29)25-3)30-22(20(14)24)26-21(27-30)18(32)13-28(4)15(2)31/h5-9,15,17,25,31H,10-13,24H2,1-4H3. The largest absolute Gasteiger partial charge is 0.395 e. The zero-order valence-corrected chi connectivity index (χ0v) is 19.0. The number of Topliss-reactive ketones (excluding diaryl/α,β-unsaturated/α-hetero) is 1. The predicted octanol–water partition coefficient (Wildman–Crippen LogP) is 1.54. The summed E-state index contributed by atoms with van der Waals surface area (Å²) < 4.78 is 1.72. The molecule has 0 saturated carbocycles. The van der Waals surface area contributed by atoms with Gasteiger partial charge in [0.1, 0.15) is 12.0 Å². The van der Waals surface area contributed by atoms with Crippen molar-refractivity contribution >= 4 is 22.9 Å². The topological polar surface area (TPSA) is 112 Å². The first-order valence-electron chi connectivity index (χ1n) is 10.9. The molecule has 1 fully saturated rings. The first-order chi connectivity index (χ1) is 15.3. The number of hydrogen-bond donors (Lipinski definition) is 3. The van der Waals surface area contributed by atoms with Crippen LogP contribution in [0.4, 0.5) is 11.5 Å². The van der Waals surface area contributed by atoms with E-state index in [1.807, 2.05) is 32.2 Å². The number of ketones is 1. The molecule has 2 aromatic heterocycles. The van der Waals surface area contributed by atoms with Gasteiger partial charge in [-0.1, -0.05) is 30.3 Å². The van der Waals surface area contributed by atoms with Crippen LogP contribution in [0.2, 0.25) is 0 Å². The zero-order valence-electron chi connectivity index (χ0n) is 19.0. The number of anilines is 2. The number of nitrogens with two attached hydrogens (primary N) is 1. The van der Waals surface area contributed by atoms with Crippen molar-refractivity contribution in [1.82, 2.24) is 24.8 Å². The first kappa shape index (κ1) is 22.2. The Bertz CT molecular complexity index is 1130. The van der Waals surface area contributed by atoms with Gasteiger partial charge in [0.25, 0.3) is 0 Å². The summed E-state index contributed by atoms with van der Waals surface area (Å²) in [5, 5.41) is 17.7. The number of hydrogen-bond acceptors (Lipinski definition) is 8. The van der Waals surface area contributed by atoms with Crippen molar-refractivity contribution in [3.05, 3.63) is 41.7 Å². The fourth-order valence-corrected chi connectivity index (χ4v) is 4.19. The molecular formula is C23H31N7O2. The predicted molar refractivity (Wildman–Crippen MR) is 126 cm³/mol. The number of likely N-dealkylation sites (N-methyl/N-ethyl adjacent to an activating group) is 2. The van der Waals surface area contributed by atoms with Crippen LogP contribution < -0.4 is 16.0 Å². The SMILES string of the molecule is CNC1CCN(c2c(-c3ccccc3)c(C)c(N)c3nc(C(=O)CN(C)C(C)O)nn23)C1. The van der Waals surface area contributed by atoms with Gasteiger partial charge in [0.2, 0.25) is 11.6 Å². The van der Waals surface area contributed by atoms with Crippen molar-refractivity contribution < 1.29 is 9.90 Å². The third-order valence-corrected chi connectivity index (χ3v) is 6.29. The number of rotatable bonds is 7. The van der Waals surface area contributed by atoms with Crippen LogP contribution in [-0.2, 0) is 0 Å². The lowest BCUT2D eigenvalue weighted by molar-refractivity contribution is 0.0364. The summed E-state index contributed by atoms with van der Waals surface area (Å²) >= 11 is 0. The summed E-state index contributed by atoms with van der Waals surface area (Å²) in [6.45, 7) is 5.30. The van der Waals surface area contributed by atoms with Crippen LogP contribution in [0.1, 0.15) is 29.5 Å². The third-order valence-electron chi connectivity index (χ3n) is 6.29. The van der Waals surface area contributed by atoms with E-state index in [2.05, 4.69) is 32.4 Å². The molecule has 2 atom stereocenters. The quantitative estimate of drug-likeness (QED) is 0.377. The van der Waals surface area contributed by atoms with Crippen LogP contribution in [0.15, 0.2) is 30.3 Å². The van der Waals surface area contributed by atoms with Crippen LogP contribution in [-0.4, -0.2) is 76.4 Å². The Morgan fingerprint density at radius 1 is 1.38 bits per heavy atom. The molecule has 1 aliphatic heterocycles. The number of aliphatic hydroxyl groups is 1. The van der Waals surface area contributed by atoms with Gasteiger partial charge in [-0.2, -0.15) is 4.52 Å². The fraction of sp³-hybridized carbons (Fsp3) is 0.435. The highest BCUT2D eigenvalue weighted by atomic mass is 16.3. The second kappa shape index (κ2) is 8.85. The highest BCUT2D eigenvalue weighted by molar-refractivity contribution is 5.96. The molecular weight excluding hydrogens is 406 g/mol. The van der Waals surface area contributed by atoms with Crippen molar-refractivity contribution in [3.63, 3.8) is 0 Å². The number of nitrogens with one attached hydrogen (secondary N) is 1. The van der Waals surface area contributed by atoms with Gasteiger partial charge >= 0.3 is 0 Å². The third kappa shape index (κ3) is 3.94. The Hall–Kier alpha value is -3.01. The van der Waals surface area contributed by atoms with Gasteiger partial charge in [-0.25, -0.2) is 4.98 Å². The van der Waals surface area contributed by atoms with Crippen LogP contribution in [0.5, 0.6) is 0 Å². The average Bonchev–Trinajstić information content (AvgIpc) is 3.44. The Balaban J connectivity index is 1.90. The molecule has 1 aliphatic rings. The molecule has 0 radical (unpaired) electrons. The van der Waals surface area contributed by atoms with Gasteiger partial charge in [0.05, 0.1) is 12.2 Å². The summed E-state index contributed by atoms with van der Waals surface area (Å²) in [7, 11) is 3.65. The van der Waals surface area contributed by atoms with Gasteiger partial charge in [-0.05, 0) is 45.5 Å². The van der Waals surface area contributed by atoms with Crippen molar-refractivity contribution in [1.29, 1.82) is 0 Å². The molecule has 32 heavy (non-hydrogen) atoms. The van der Waals surface area contributed by atoms with Gasteiger partial charge in [-0.3, -0.25) is 9.69 Å². The molecule has 2 unspecified atom stereocenters. The highest BCUT2D eigenvalue weighted by Crippen LogP contribution is 2.39. The Morgan fingerprint density at radius 2 is 2.09 bits per heavy atom. The molecule has 3 aromatic rings. The van der Waals surface area contributed by atoms with Gasteiger partial charge in [0, 0.05) is 24.7 Å². The number of benzene rings is 1. The maximum absolute atomic E-state index is 12.9. The monoisotopic (exact) mass is 437 g/mol. The number of carbonyl (C=O) groups is 1. The molecule has 4 N–H and O–H groups in total. The van der Waals surface area contributed by atoms with E-state index in [-0.39, 0.29) is 18.2 Å². The normalized spacial score (nSPS) is 17.4. The number of fused-ring (bicyclic) bond motifs is 1. The molecule has 0 aliphatic carbocycles. The number of aliphatic hydroxyl groups excluding tert-OH is 1. The van der Waals surface area contributed by atoms with Crippen molar-refractivity contribution in [2.24, 2.45) is 0 Å². The van der Waals surface area contributed by atoms with Crippen molar-refractivity contribution in [2.45, 2.75) is 32.5 Å². The number of carbonyl (C=O) groups excluding carboxylic acids is 1. The zero-order chi connectivity index (χ0) is 23.0. The summed E-state index contributed by atoms with van der Waals surface area (Å²) in [6, 6.07) is 10.5. The number of nitrogens with zero attached hydrogens (tertiary/aromatic N) is 5. The van der Waals surface area contributed by atoms with Crippen LogP contribution in [0.25, 0.3) is 16.8 Å². The molecule has 0 amide bonds. The molecule has 3 heterocycles. The number of nitrogen functional groups attached to an aromatic ring is 1. The Kier molecular flexibility index (Phi) is 6.14. The van der Waals surface area contributed by atoms with E-state index < -0.39 is 6.23 Å². The fourth-order valence-electron chi connectivity index (χ4n) is 4.19. The summed E-state index contributed by atoms with van der Waals surface area (Å²) in [6.07, 6.45) is 0.265. The maximum Gasteiger partial charge on any atom is 0.219 e. The summed E-state index contributed by atoms with van der Waals surface area (Å²) in [5.41, 5.74) is 10.5. The maximum atomic E-state index is 12.9. The van der Waals surface area contributed by atoms with E-state index in [4.69, 9.17) is 5.73 Å². The van der Waals surface area contributed by atoms with E-state index in [0.29, 0.717) is 17.4 Å². The van der Waals surface area contributed by atoms with Crippen molar-refractivity contribution in [2.75, 3.05) is 44.4 Å². The lowest BCUT2D eigenvalue weighted by atomic mass is 9.99. The van der Waals surface area contributed by atoms with Gasteiger partial charge in [0.15, 0.2) is 5.65 Å². The van der Waals surface area contributed by atoms with E-state index in [0.717, 1.165) is 42.0 Å². The van der Waals surface area contributed by atoms with E-state index in [1.54, 1.807) is 18.5 Å². The molecule has 0 spiro atoms. The minimum Gasteiger partial charge on any atom is -0.395 e. The lowest BCUT2D eigenvalue weighted by Crippen LogP contribution is -2.34. The van der Waals surface area contributed by atoms with Crippen LogP contribution >= 0.6 is 0 Å². The molecule has 9 nitrogen and oxygen atoms in total. The van der Waals surface area contributed by atoms with Gasteiger partial charge in [-0.15, -0.1) is 5.10 Å². The van der Waals surface area contributed by atoms with Crippen molar-refractivity contribution in [3.8, 4) is 11.1 Å². The Morgan fingerprint density at radius 3 is 2.72 bits per heavy atom. The minimum absolute atomic E-state index is 0.0137. The smallest absolute Gasteiger partial charge is 0.219 e. The summed E-state index contributed by atoms with van der Waals surface area (Å²) in [5.74, 6) is 0.724. The Labute approximate surface area is 187 Å². The van der Waals surface area contributed by atoms with E-state index in [9.17, 15) is 9.90 Å². The molecule has 1 saturated heterocycles. The van der Waals surface area contributed by atoms with Crippen LogP contribution in [0.3, 0.4) is 0 Å². The molecule has 170 valence electrons. The lowest BCUT2D eigenvalue weighted by Gasteiger charge is -2.25. The van der Waals surface area contributed by atoms with E-state index in [1.165, 1.54) is 4.90 Å². The minimum atomic E-state index is -0.744. The molecule has 1 aromatic carbocycles. The second-order valence-corrected chi connectivity index (χ2v) is 8.46. The van der Waals surface area contributed by atoms with E-state index >= 15 is 0 Å². The highest BCUT2D eigenvalue weighted by Gasteiger charge is 2.30. The number of pyridine rings is 1. The molecule has 9 heteroatoms. The van der Waals surface area contributed by atoms with Crippen LogP contribution in [0, 0.1) is 6.92 Å².